The average Bonchev–Trinajstić information content (AvgIpc) is 3.03. The van der Waals surface area contributed by atoms with Gasteiger partial charge in [0, 0.05) is 5.56 Å². The van der Waals surface area contributed by atoms with E-state index >= 15 is 0 Å². The first-order chi connectivity index (χ1) is 9.70. The van der Waals surface area contributed by atoms with Gasteiger partial charge >= 0.3 is 5.97 Å². The number of hydrogen-bond donors (Lipinski definition) is 0. The number of hydrogen-bond acceptors (Lipinski definition) is 3. The molecule has 0 aliphatic rings. The zero-order chi connectivity index (χ0) is 14.1. The van der Waals surface area contributed by atoms with E-state index in [0.717, 1.165) is 10.2 Å². The van der Waals surface area contributed by atoms with Crippen molar-refractivity contribution in [1.82, 2.24) is 4.57 Å². The topological polar surface area (TPSA) is 31.2 Å². The Hall–Kier alpha value is -2.14. The monoisotopic (exact) mass is 289 g/mol. The zero-order valence-corrected chi connectivity index (χ0v) is 11.6. The van der Waals surface area contributed by atoms with Crippen LogP contribution < -0.4 is 0 Å². The number of halogens is 1. The summed E-state index contributed by atoms with van der Waals surface area (Å²) in [5, 5.41) is 1.95. The molecule has 0 aliphatic carbocycles. The Morgan fingerprint density at radius 3 is 2.90 bits per heavy atom. The molecule has 3 nitrogen and oxygen atoms in total. The Bertz CT molecular complexity index is 775. The van der Waals surface area contributed by atoms with Gasteiger partial charge in [-0.2, -0.15) is 0 Å². The molecule has 0 unspecified atom stereocenters. The van der Waals surface area contributed by atoms with Crippen molar-refractivity contribution in [3.05, 3.63) is 58.9 Å². The average molecular weight is 289 g/mol. The smallest absolute Gasteiger partial charge is 0.354 e. The van der Waals surface area contributed by atoms with Crippen LogP contribution in [0, 0.1) is 5.82 Å². The number of rotatable bonds is 3. The van der Waals surface area contributed by atoms with Gasteiger partial charge in [-0.05, 0) is 23.6 Å². The molecule has 3 aromatic rings. The summed E-state index contributed by atoms with van der Waals surface area (Å²) >= 11 is 1.54. The van der Waals surface area contributed by atoms with Crippen LogP contribution in [0.15, 0.2) is 41.8 Å². The van der Waals surface area contributed by atoms with E-state index in [1.165, 1.54) is 13.2 Å². The van der Waals surface area contributed by atoms with Gasteiger partial charge in [0.15, 0.2) is 0 Å². The molecule has 0 fully saturated rings. The standard InChI is InChI=1S/C15H12FNO2S/c1-19-15(18)13-8-14-12(6-7-20-14)17(13)9-10-4-2-3-5-11(10)16/h2-8H,9H2,1H3. The van der Waals surface area contributed by atoms with E-state index in [4.69, 9.17) is 4.74 Å². The summed E-state index contributed by atoms with van der Waals surface area (Å²) in [6, 6.07) is 10.3. The molecule has 0 aliphatic heterocycles. The molecule has 0 N–H and O–H groups in total. The number of esters is 1. The summed E-state index contributed by atoms with van der Waals surface area (Å²) in [5.41, 5.74) is 1.90. The first kappa shape index (κ1) is 12.9. The fourth-order valence-corrected chi connectivity index (χ4v) is 3.04. The van der Waals surface area contributed by atoms with E-state index in [2.05, 4.69) is 0 Å². The van der Waals surface area contributed by atoms with Crippen LogP contribution in [0.4, 0.5) is 4.39 Å². The van der Waals surface area contributed by atoms with Gasteiger partial charge in [-0.15, -0.1) is 11.3 Å². The lowest BCUT2D eigenvalue weighted by atomic mass is 10.2. The first-order valence-corrected chi connectivity index (χ1v) is 6.97. The highest BCUT2D eigenvalue weighted by molar-refractivity contribution is 7.17. The van der Waals surface area contributed by atoms with Crippen molar-refractivity contribution >= 4 is 27.5 Å². The Kier molecular flexibility index (Phi) is 3.28. The number of ether oxygens (including phenoxy) is 1. The highest BCUT2D eigenvalue weighted by Crippen LogP contribution is 2.27. The van der Waals surface area contributed by atoms with Crippen LogP contribution in [-0.2, 0) is 11.3 Å². The van der Waals surface area contributed by atoms with Gasteiger partial charge in [0.25, 0.3) is 0 Å². The highest BCUT2D eigenvalue weighted by Gasteiger charge is 2.17. The molecule has 5 heteroatoms. The Morgan fingerprint density at radius 2 is 2.15 bits per heavy atom. The maximum absolute atomic E-state index is 13.8. The van der Waals surface area contributed by atoms with Crippen molar-refractivity contribution in [1.29, 1.82) is 0 Å². The Labute approximate surface area is 119 Å². The van der Waals surface area contributed by atoms with Gasteiger partial charge in [-0.25, -0.2) is 9.18 Å². The molecule has 0 amide bonds. The van der Waals surface area contributed by atoms with Gasteiger partial charge < -0.3 is 9.30 Å². The predicted molar refractivity (Wildman–Crippen MR) is 76.7 cm³/mol. The van der Waals surface area contributed by atoms with Crippen molar-refractivity contribution < 1.29 is 13.9 Å². The van der Waals surface area contributed by atoms with Gasteiger partial charge in [0.05, 0.1) is 23.9 Å². The van der Waals surface area contributed by atoms with Crippen LogP contribution >= 0.6 is 11.3 Å². The molecule has 0 saturated carbocycles. The molecule has 2 aromatic heterocycles. The van der Waals surface area contributed by atoms with Gasteiger partial charge in [-0.3, -0.25) is 0 Å². The molecule has 0 radical (unpaired) electrons. The lowest BCUT2D eigenvalue weighted by Gasteiger charge is -2.09. The minimum atomic E-state index is -0.412. The summed E-state index contributed by atoms with van der Waals surface area (Å²) in [6.45, 7) is 0.303. The molecular weight excluding hydrogens is 277 g/mol. The Morgan fingerprint density at radius 1 is 1.35 bits per heavy atom. The number of aromatic nitrogens is 1. The van der Waals surface area contributed by atoms with Gasteiger partial charge in [-0.1, -0.05) is 18.2 Å². The SMILES string of the molecule is COC(=O)c1cc2sccc2n1Cc1ccccc1F. The molecule has 0 saturated heterocycles. The highest BCUT2D eigenvalue weighted by atomic mass is 32.1. The van der Waals surface area contributed by atoms with Crippen LogP contribution in [0.2, 0.25) is 0 Å². The maximum atomic E-state index is 13.8. The van der Waals surface area contributed by atoms with Crippen molar-refractivity contribution in [3.63, 3.8) is 0 Å². The fourth-order valence-electron chi connectivity index (χ4n) is 2.22. The third-order valence-electron chi connectivity index (χ3n) is 3.20. The maximum Gasteiger partial charge on any atom is 0.354 e. The minimum Gasteiger partial charge on any atom is -0.464 e. The van der Waals surface area contributed by atoms with Crippen molar-refractivity contribution in [2.45, 2.75) is 6.54 Å². The molecule has 20 heavy (non-hydrogen) atoms. The number of carbonyl (C=O) groups is 1. The van der Waals surface area contributed by atoms with E-state index in [0.29, 0.717) is 17.8 Å². The summed E-state index contributed by atoms with van der Waals surface area (Å²) in [4.78, 5) is 11.8. The van der Waals surface area contributed by atoms with Crippen LogP contribution in [0.5, 0.6) is 0 Å². The summed E-state index contributed by atoms with van der Waals surface area (Å²) < 4.78 is 21.4. The second-order valence-electron chi connectivity index (χ2n) is 4.37. The molecule has 2 heterocycles. The normalized spacial score (nSPS) is 10.9. The fraction of sp³-hybridized carbons (Fsp3) is 0.133. The number of benzene rings is 1. The van der Waals surface area contributed by atoms with E-state index in [1.807, 2.05) is 11.4 Å². The predicted octanol–water partition coefficient (Wildman–Crippen LogP) is 3.68. The van der Waals surface area contributed by atoms with E-state index < -0.39 is 5.97 Å². The second kappa shape index (κ2) is 5.09. The third-order valence-corrected chi connectivity index (χ3v) is 4.06. The number of fused-ring (bicyclic) bond motifs is 1. The lowest BCUT2D eigenvalue weighted by molar-refractivity contribution is 0.0589. The summed E-state index contributed by atoms with van der Waals surface area (Å²) in [6.07, 6.45) is 0. The van der Waals surface area contributed by atoms with Crippen LogP contribution in [-0.4, -0.2) is 17.6 Å². The molecule has 0 atom stereocenters. The lowest BCUT2D eigenvalue weighted by Crippen LogP contribution is -2.12. The van der Waals surface area contributed by atoms with Crippen molar-refractivity contribution in [3.8, 4) is 0 Å². The number of methoxy groups -OCH3 is 1. The number of nitrogens with zero attached hydrogens (tertiary/aromatic N) is 1. The zero-order valence-electron chi connectivity index (χ0n) is 10.8. The molecule has 0 bridgehead atoms. The molecule has 0 spiro atoms. The summed E-state index contributed by atoms with van der Waals surface area (Å²) in [7, 11) is 1.34. The van der Waals surface area contributed by atoms with Crippen LogP contribution in [0.1, 0.15) is 16.1 Å². The largest absolute Gasteiger partial charge is 0.464 e. The molecule has 102 valence electrons. The first-order valence-electron chi connectivity index (χ1n) is 6.09. The quantitative estimate of drug-likeness (QED) is 0.689. The second-order valence-corrected chi connectivity index (χ2v) is 5.32. The van der Waals surface area contributed by atoms with Crippen molar-refractivity contribution in [2.24, 2.45) is 0 Å². The van der Waals surface area contributed by atoms with E-state index in [1.54, 1.807) is 40.2 Å². The van der Waals surface area contributed by atoms with Crippen molar-refractivity contribution in [2.75, 3.05) is 7.11 Å². The van der Waals surface area contributed by atoms with E-state index in [9.17, 15) is 9.18 Å². The number of carbonyl (C=O) groups excluding carboxylic acids is 1. The minimum absolute atomic E-state index is 0.277. The van der Waals surface area contributed by atoms with E-state index in [-0.39, 0.29) is 5.82 Å². The third kappa shape index (κ3) is 2.10. The van der Waals surface area contributed by atoms with Crippen LogP contribution in [0.3, 0.4) is 0 Å². The van der Waals surface area contributed by atoms with Gasteiger partial charge in [0.2, 0.25) is 0 Å². The van der Waals surface area contributed by atoms with Crippen LogP contribution in [0.25, 0.3) is 10.2 Å². The van der Waals surface area contributed by atoms with Gasteiger partial charge in [0.1, 0.15) is 11.5 Å². The number of thiophene rings is 1. The molecule has 3 rings (SSSR count). The molecular formula is C15H12FNO2S. The summed E-state index contributed by atoms with van der Waals surface area (Å²) in [5.74, 6) is -0.690. The Balaban J connectivity index is 2.11. The molecule has 1 aromatic carbocycles.